The summed E-state index contributed by atoms with van der Waals surface area (Å²) in [5.74, 6) is -0.544. The van der Waals surface area contributed by atoms with Crippen LogP contribution in [-0.4, -0.2) is 24.9 Å². The minimum Gasteiger partial charge on any atom is -0.489 e. The van der Waals surface area contributed by atoms with E-state index in [2.05, 4.69) is 11.9 Å². The van der Waals surface area contributed by atoms with Gasteiger partial charge in [-0.25, -0.2) is 4.39 Å². The third-order valence-corrected chi connectivity index (χ3v) is 4.86. The van der Waals surface area contributed by atoms with E-state index in [-0.39, 0.29) is 36.3 Å². The summed E-state index contributed by atoms with van der Waals surface area (Å²) < 4.78 is 19.4. The van der Waals surface area contributed by atoms with Gasteiger partial charge in [-0.15, -0.1) is 6.58 Å². The molecule has 1 fully saturated rings. The second-order valence-electron chi connectivity index (χ2n) is 6.42. The quantitative estimate of drug-likeness (QED) is 0.718. The molecule has 7 heteroatoms. The maximum Gasteiger partial charge on any atom is 0.227 e. The van der Waals surface area contributed by atoms with Crippen LogP contribution in [0.1, 0.15) is 12.0 Å². The van der Waals surface area contributed by atoms with E-state index in [1.165, 1.54) is 12.1 Å². The Morgan fingerprint density at radius 3 is 2.75 bits per heavy atom. The zero-order valence-electron chi connectivity index (χ0n) is 15.2. The maximum absolute atomic E-state index is 13.8. The van der Waals surface area contributed by atoms with Gasteiger partial charge in [0, 0.05) is 30.8 Å². The smallest absolute Gasteiger partial charge is 0.227 e. The van der Waals surface area contributed by atoms with Gasteiger partial charge in [-0.3, -0.25) is 9.59 Å². The normalized spacial score (nSPS) is 16.1. The number of halogens is 2. The van der Waals surface area contributed by atoms with E-state index < -0.39 is 5.82 Å². The van der Waals surface area contributed by atoms with Crippen molar-refractivity contribution in [3.8, 4) is 5.75 Å². The summed E-state index contributed by atoms with van der Waals surface area (Å²) >= 11 is 5.99. The first-order chi connectivity index (χ1) is 13.5. The summed E-state index contributed by atoms with van der Waals surface area (Å²) in [4.78, 5) is 25.9. The van der Waals surface area contributed by atoms with Gasteiger partial charge in [-0.05, 0) is 36.4 Å². The highest BCUT2D eigenvalue weighted by atomic mass is 35.5. The van der Waals surface area contributed by atoms with Gasteiger partial charge in [-0.1, -0.05) is 23.7 Å². The molecule has 1 saturated heterocycles. The molecule has 0 radical (unpaired) electrons. The summed E-state index contributed by atoms with van der Waals surface area (Å²) in [7, 11) is 0. The lowest BCUT2D eigenvalue weighted by molar-refractivity contribution is -0.126. The van der Waals surface area contributed by atoms with Crippen LogP contribution in [0.25, 0.3) is 0 Å². The van der Waals surface area contributed by atoms with Crippen LogP contribution in [0.15, 0.2) is 55.1 Å². The molecule has 1 heterocycles. The molecule has 0 saturated carbocycles. The van der Waals surface area contributed by atoms with E-state index in [0.717, 1.165) is 0 Å². The molecule has 0 unspecified atom stereocenters. The molecule has 0 aliphatic carbocycles. The van der Waals surface area contributed by atoms with Gasteiger partial charge in [0.15, 0.2) is 0 Å². The zero-order chi connectivity index (χ0) is 20.1. The molecule has 1 atom stereocenters. The molecule has 2 aromatic rings. The molecule has 2 amide bonds. The van der Waals surface area contributed by atoms with Crippen LogP contribution in [0.5, 0.6) is 5.75 Å². The summed E-state index contributed by atoms with van der Waals surface area (Å²) in [6, 6.07) is 11.3. The second kappa shape index (κ2) is 8.89. The Labute approximate surface area is 167 Å². The van der Waals surface area contributed by atoms with E-state index in [9.17, 15) is 14.0 Å². The summed E-state index contributed by atoms with van der Waals surface area (Å²) in [5, 5.41) is 3.03. The molecule has 0 spiro atoms. The van der Waals surface area contributed by atoms with Gasteiger partial charge in [0.2, 0.25) is 11.8 Å². The predicted molar refractivity (Wildman–Crippen MR) is 106 cm³/mol. The Balaban J connectivity index is 1.62. The highest BCUT2D eigenvalue weighted by Crippen LogP contribution is 2.28. The van der Waals surface area contributed by atoms with Gasteiger partial charge in [0.05, 0.1) is 10.9 Å². The van der Waals surface area contributed by atoms with E-state index in [0.29, 0.717) is 29.5 Å². The molecule has 2 aromatic carbocycles. The number of benzene rings is 2. The molecule has 3 rings (SSSR count). The molecule has 146 valence electrons. The standard InChI is InChI=1S/C21H20ClFN2O3/c1-2-10-24-21(27)14-11-20(26)25(12-14)15-6-8-16(9-7-15)28-13-17-18(22)4-3-5-19(17)23/h2-9,14H,1,10-13H2,(H,24,27)/t14-/m1/s1. The first-order valence-electron chi connectivity index (χ1n) is 8.84. The van der Waals surface area contributed by atoms with E-state index in [1.54, 1.807) is 41.3 Å². The lowest BCUT2D eigenvalue weighted by atomic mass is 10.1. The van der Waals surface area contributed by atoms with Crippen molar-refractivity contribution >= 4 is 29.1 Å². The number of carbonyl (C=O) groups excluding carboxylic acids is 2. The maximum atomic E-state index is 13.8. The van der Waals surface area contributed by atoms with Crippen LogP contribution in [0.2, 0.25) is 5.02 Å². The van der Waals surface area contributed by atoms with Gasteiger partial charge in [0.1, 0.15) is 18.2 Å². The number of hydrogen-bond acceptors (Lipinski definition) is 3. The Morgan fingerprint density at radius 2 is 2.07 bits per heavy atom. The fourth-order valence-corrected chi connectivity index (χ4v) is 3.22. The topological polar surface area (TPSA) is 58.6 Å². The largest absolute Gasteiger partial charge is 0.489 e. The van der Waals surface area contributed by atoms with Crippen LogP contribution in [-0.2, 0) is 16.2 Å². The third-order valence-electron chi connectivity index (χ3n) is 4.51. The average molecular weight is 403 g/mol. The molecule has 28 heavy (non-hydrogen) atoms. The third kappa shape index (κ3) is 4.51. The van der Waals surface area contributed by atoms with Crippen LogP contribution >= 0.6 is 11.6 Å². The first-order valence-corrected chi connectivity index (χ1v) is 9.22. The number of rotatable bonds is 7. The Hall–Kier alpha value is -2.86. The Bertz CT molecular complexity index is 865. The Kier molecular flexibility index (Phi) is 6.31. The lowest BCUT2D eigenvalue weighted by Crippen LogP contribution is -2.32. The highest BCUT2D eigenvalue weighted by molar-refractivity contribution is 6.31. The molecule has 5 nitrogen and oxygen atoms in total. The fourth-order valence-electron chi connectivity index (χ4n) is 3.00. The van der Waals surface area contributed by atoms with E-state index in [1.807, 2.05) is 0 Å². The Morgan fingerprint density at radius 1 is 1.32 bits per heavy atom. The second-order valence-corrected chi connectivity index (χ2v) is 6.83. The van der Waals surface area contributed by atoms with Crippen molar-refractivity contribution in [1.29, 1.82) is 0 Å². The van der Waals surface area contributed by atoms with Crippen molar-refractivity contribution in [3.05, 3.63) is 71.5 Å². The van der Waals surface area contributed by atoms with Crippen LogP contribution in [0.4, 0.5) is 10.1 Å². The minimum atomic E-state index is -0.424. The number of nitrogens with one attached hydrogen (secondary N) is 1. The van der Waals surface area contributed by atoms with Crippen LogP contribution < -0.4 is 15.0 Å². The van der Waals surface area contributed by atoms with Crippen LogP contribution in [0, 0.1) is 11.7 Å². The van der Waals surface area contributed by atoms with Crippen molar-refractivity contribution in [3.63, 3.8) is 0 Å². The number of anilines is 1. The molecule has 1 aliphatic rings. The zero-order valence-corrected chi connectivity index (χ0v) is 15.9. The molecule has 0 aromatic heterocycles. The SMILES string of the molecule is C=CCNC(=O)[C@@H]1CC(=O)N(c2ccc(OCc3c(F)cccc3Cl)cc2)C1. The summed E-state index contributed by atoms with van der Waals surface area (Å²) in [6.07, 6.45) is 1.77. The van der Waals surface area contributed by atoms with Crippen molar-refractivity contribution in [2.45, 2.75) is 13.0 Å². The number of ether oxygens (including phenoxy) is 1. The van der Waals surface area contributed by atoms with Gasteiger partial charge in [-0.2, -0.15) is 0 Å². The number of nitrogens with zero attached hydrogens (tertiary/aromatic N) is 1. The van der Waals surface area contributed by atoms with Crippen molar-refractivity contribution in [2.75, 3.05) is 18.0 Å². The van der Waals surface area contributed by atoms with E-state index in [4.69, 9.17) is 16.3 Å². The van der Waals surface area contributed by atoms with Crippen molar-refractivity contribution in [1.82, 2.24) is 5.32 Å². The molecule has 0 bridgehead atoms. The van der Waals surface area contributed by atoms with Crippen molar-refractivity contribution < 1.29 is 18.7 Å². The fraction of sp³-hybridized carbons (Fsp3) is 0.238. The predicted octanol–water partition coefficient (Wildman–Crippen LogP) is 3.71. The average Bonchev–Trinajstić information content (AvgIpc) is 3.08. The van der Waals surface area contributed by atoms with E-state index >= 15 is 0 Å². The summed E-state index contributed by atoms with van der Waals surface area (Å²) in [5.41, 5.74) is 0.969. The first kappa shape index (κ1) is 19.9. The van der Waals surface area contributed by atoms with Gasteiger partial charge in [0.25, 0.3) is 0 Å². The van der Waals surface area contributed by atoms with Gasteiger partial charge < -0.3 is 15.0 Å². The van der Waals surface area contributed by atoms with Crippen molar-refractivity contribution in [2.24, 2.45) is 5.92 Å². The molecular formula is C21H20ClFN2O3. The minimum absolute atomic E-state index is 0.000945. The van der Waals surface area contributed by atoms with Crippen LogP contribution in [0.3, 0.4) is 0 Å². The number of hydrogen-bond donors (Lipinski definition) is 1. The molecular weight excluding hydrogens is 383 g/mol. The van der Waals surface area contributed by atoms with Gasteiger partial charge >= 0.3 is 0 Å². The molecule has 1 N–H and O–H groups in total. The highest BCUT2D eigenvalue weighted by Gasteiger charge is 2.34. The number of carbonyl (C=O) groups is 2. The summed E-state index contributed by atoms with van der Waals surface area (Å²) in [6.45, 7) is 4.26. The molecule has 1 aliphatic heterocycles. The monoisotopic (exact) mass is 402 g/mol. The number of amides is 2. The lowest BCUT2D eigenvalue weighted by Gasteiger charge is -2.17.